The lowest BCUT2D eigenvalue weighted by Gasteiger charge is -2.43. The molecule has 1 N–H and O–H groups in total. The predicted octanol–water partition coefficient (Wildman–Crippen LogP) is 1.65. The van der Waals surface area contributed by atoms with Crippen LogP contribution in [0, 0.1) is 5.41 Å². The molecule has 1 unspecified atom stereocenters. The van der Waals surface area contributed by atoms with Crippen molar-refractivity contribution in [3.8, 4) is 0 Å². The smallest absolute Gasteiger partial charge is 0.193 e. The Kier molecular flexibility index (Phi) is 4.98. The Labute approximate surface area is 150 Å². The summed E-state index contributed by atoms with van der Waals surface area (Å²) in [6, 6.07) is 0. The van der Waals surface area contributed by atoms with E-state index >= 15 is 0 Å². The van der Waals surface area contributed by atoms with E-state index in [4.69, 9.17) is 4.74 Å². The van der Waals surface area contributed by atoms with Crippen LogP contribution in [0.25, 0.3) is 0 Å². The standard InChI is InChI=1S/C18H32N4OS/c1-19-16(21-7-5-17(14-21)3-2-4-17)20-13-18(6-12-24-15-18)22-8-10-23-11-9-22/h2-15H2,1H3,(H,19,20). The van der Waals surface area contributed by atoms with E-state index in [0.717, 1.165) is 38.8 Å². The number of nitrogens with one attached hydrogen (secondary N) is 1. The molecule has 1 saturated carbocycles. The van der Waals surface area contributed by atoms with E-state index in [0.29, 0.717) is 5.41 Å². The average Bonchev–Trinajstić information content (AvgIpc) is 3.24. The molecule has 6 heteroatoms. The van der Waals surface area contributed by atoms with Crippen molar-refractivity contribution in [2.45, 2.75) is 37.6 Å². The number of ether oxygens (including phenoxy) is 1. The fourth-order valence-electron chi connectivity index (χ4n) is 4.91. The molecule has 5 nitrogen and oxygen atoms in total. The number of hydrogen-bond donors (Lipinski definition) is 1. The van der Waals surface area contributed by atoms with Crippen molar-refractivity contribution in [3.63, 3.8) is 0 Å². The van der Waals surface area contributed by atoms with Crippen LogP contribution < -0.4 is 5.32 Å². The summed E-state index contributed by atoms with van der Waals surface area (Å²) in [6.45, 7) is 7.34. The Morgan fingerprint density at radius 1 is 1.17 bits per heavy atom. The minimum Gasteiger partial charge on any atom is -0.379 e. The first-order chi connectivity index (χ1) is 11.8. The molecule has 1 spiro atoms. The maximum absolute atomic E-state index is 5.57. The molecule has 0 aromatic heterocycles. The van der Waals surface area contributed by atoms with E-state index in [-0.39, 0.29) is 5.54 Å². The summed E-state index contributed by atoms with van der Waals surface area (Å²) in [5.41, 5.74) is 0.918. The number of hydrogen-bond acceptors (Lipinski definition) is 4. The molecule has 24 heavy (non-hydrogen) atoms. The van der Waals surface area contributed by atoms with Gasteiger partial charge in [0.2, 0.25) is 0 Å². The molecule has 4 rings (SSSR count). The third-order valence-corrected chi connectivity index (χ3v) is 7.94. The fraction of sp³-hybridized carbons (Fsp3) is 0.944. The highest BCUT2D eigenvalue weighted by molar-refractivity contribution is 7.99. The molecular weight excluding hydrogens is 320 g/mol. The van der Waals surface area contributed by atoms with Crippen molar-refractivity contribution in [1.82, 2.24) is 15.1 Å². The molecule has 136 valence electrons. The summed E-state index contributed by atoms with van der Waals surface area (Å²) < 4.78 is 5.57. The lowest BCUT2D eigenvalue weighted by Crippen LogP contribution is -2.60. The van der Waals surface area contributed by atoms with Crippen LogP contribution in [0.3, 0.4) is 0 Å². The molecule has 0 aromatic carbocycles. The summed E-state index contributed by atoms with van der Waals surface area (Å²) in [4.78, 5) is 9.80. The van der Waals surface area contributed by atoms with Crippen LogP contribution in [0.2, 0.25) is 0 Å². The first-order valence-electron chi connectivity index (χ1n) is 9.62. The number of aliphatic imine (C=N–C) groups is 1. The number of morpholine rings is 1. The first-order valence-corrected chi connectivity index (χ1v) is 10.8. The second kappa shape index (κ2) is 7.04. The van der Waals surface area contributed by atoms with Crippen LogP contribution in [0.4, 0.5) is 0 Å². The molecule has 4 aliphatic rings. The average molecular weight is 353 g/mol. The second-order valence-electron chi connectivity index (χ2n) is 8.05. The lowest BCUT2D eigenvalue weighted by atomic mass is 9.68. The predicted molar refractivity (Wildman–Crippen MR) is 101 cm³/mol. The van der Waals surface area contributed by atoms with Crippen molar-refractivity contribution < 1.29 is 4.74 Å². The summed E-state index contributed by atoms with van der Waals surface area (Å²) in [6.07, 6.45) is 6.92. The molecule has 3 heterocycles. The highest BCUT2D eigenvalue weighted by Gasteiger charge is 2.44. The molecule has 0 aromatic rings. The van der Waals surface area contributed by atoms with Gasteiger partial charge < -0.3 is 15.0 Å². The van der Waals surface area contributed by atoms with Gasteiger partial charge in [0, 0.05) is 51.1 Å². The molecule has 1 atom stereocenters. The van der Waals surface area contributed by atoms with Gasteiger partial charge >= 0.3 is 0 Å². The molecular formula is C18H32N4OS. The summed E-state index contributed by atoms with van der Waals surface area (Å²) >= 11 is 2.10. The van der Waals surface area contributed by atoms with Gasteiger partial charge in [0.25, 0.3) is 0 Å². The van der Waals surface area contributed by atoms with E-state index in [2.05, 4.69) is 31.9 Å². The van der Waals surface area contributed by atoms with Gasteiger partial charge in [-0.05, 0) is 36.9 Å². The monoisotopic (exact) mass is 352 g/mol. The number of likely N-dealkylation sites (tertiary alicyclic amines) is 1. The van der Waals surface area contributed by atoms with Crippen LogP contribution in [-0.4, -0.2) is 85.8 Å². The summed E-state index contributed by atoms with van der Waals surface area (Å²) in [5.74, 6) is 3.65. The van der Waals surface area contributed by atoms with Crippen molar-refractivity contribution in [2.24, 2.45) is 10.4 Å². The van der Waals surface area contributed by atoms with Crippen LogP contribution in [0.1, 0.15) is 32.1 Å². The minimum absolute atomic E-state index is 0.290. The maximum Gasteiger partial charge on any atom is 0.193 e. The van der Waals surface area contributed by atoms with Crippen LogP contribution >= 0.6 is 11.8 Å². The zero-order valence-electron chi connectivity index (χ0n) is 15.1. The normalized spacial score (nSPS) is 33.9. The first kappa shape index (κ1) is 17.0. The number of nitrogens with zero attached hydrogens (tertiary/aromatic N) is 3. The van der Waals surface area contributed by atoms with Gasteiger partial charge in [-0.25, -0.2) is 0 Å². The SMILES string of the molecule is CN=C(NCC1(N2CCOCC2)CCSC1)N1CCC2(CCC2)C1. The third-order valence-electron chi connectivity index (χ3n) is 6.70. The topological polar surface area (TPSA) is 40.1 Å². The quantitative estimate of drug-likeness (QED) is 0.618. The molecule has 3 saturated heterocycles. The number of rotatable bonds is 3. The number of guanidine groups is 1. The zero-order valence-corrected chi connectivity index (χ0v) is 15.9. The largest absolute Gasteiger partial charge is 0.379 e. The molecule has 0 bridgehead atoms. The van der Waals surface area contributed by atoms with E-state index < -0.39 is 0 Å². The van der Waals surface area contributed by atoms with Gasteiger partial charge in [-0.1, -0.05) is 6.42 Å². The highest BCUT2D eigenvalue weighted by atomic mass is 32.2. The highest BCUT2D eigenvalue weighted by Crippen LogP contribution is 2.47. The minimum atomic E-state index is 0.290. The fourth-order valence-corrected chi connectivity index (χ4v) is 6.39. The van der Waals surface area contributed by atoms with Crippen molar-refractivity contribution in [2.75, 3.05) is 64.5 Å². The molecule has 0 amide bonds. The van der Waals surface area contributed by atoms with E-state index in [9.17, 15) is 0 Å². The van der Waals surface area contributed by atoms with Crippen LogP contribution in [-0.2, 0) is 4.74 Å². The van der Waals surface area contributed by atoms with Gasteiger partial charge in [-0.2, -0.15) is 11.8 Å². The number of thioether (sulfide) groups is 1. The summed E-state index contributed by atoms with van der Waals surface area (Å²) in [7, 11) is 1.94. The Morgan fingerprint density at radius 2 is 2.00 bits per heavy atom. The van der Waals surface area contributed by atoms with Gasteiger partial charge in [0.15, 0.2) is 5.96 Å². The van der Waals surface area contributed by atoms with Crippen LogP contribution in [0.5, 0.6) is 0 Å². The molecule has 1 aliphatic carbocycles. The Bertz CT molecular complexity index is 468. The van der Waals surface area contributed by atoms with Gasteiger partial charge in [0.05, 0.1) is 13.2 Å². The van der Waals surface area contributed by atoms with Crippen molar-refractivity contribution in [3.05, 3.63) is 0 Å². The van der Waals surface area contributed by atoms with E-state index in [1.165, 1.54) is 56.7 Å². The van der Waals surface area contributed by atoms with E-state index in [1.807, 2.05) is 7.05 Å². The van der Waals surface area contributed by atoms with Crippen molar-refractivity contribution >= 4 is 17.7 Å². The second-order valence-corrected chi connectivity index (χ2v) is 9.16. The Balaban J connectivity index is 1.38. The van der Waals surface area contributed by atoms with Gasteiger partial charge in [-0.15, -0.1) is 0 Å². The lowest BCUT2D eigenvalue weighted by molar-refractivity contribution is -0.0121. The Morgan fingerprint density at radius 3 is 2.58 bits per heavy atom. The zero-order chi connectivity index (χ0) is 16.5. The van der Waals surface area contributed by atoms with E-state index in [1.54, 1.807) is 0 Å². The summed E-state index contributed by atoms with van der Waals surface area (Å²) in [5, 5.41) is 3.76. The van der Waals surface area contributed by atoms with Gasteiger partial charge in [-0.3, -0.25) is 9.89 Å². The third kappa shape index (κ3) is 3.17. The van der Waals surface area contributed by atoms with Gasteiger partial charge in [0.1, 0.15) is 0 Å². The van der Waals surface area contributed by atoms with Crippen molar-refractivity contribution in [1.29, 1.82) is 0 Å². The maximum atomic E-state index is 5.57. The molecule has 0 radical (unpaired) electrons. The van der Waals surface area contributed by atoms with Crippen LogP contribution in [0.15, 0.2) is 4.99 Å². The molecule has 4 fully saturated rings. The molecule has 3 aliphatic heterocycles. The Hall–Kier alpha value is -0.460.